The number of hydrogen-bond acceptors (Lipinski definition) is 2. The van der Waals surface area contributed by atoms with Crippen molar-refractivity contribution in [3.05, 3.63) is 88.6 Å². The van der Waals surface area contributed by atoms with Gasteiger partial charge in [0.05, 0.1) is 5.69 Å². The molecule has 0 bridgehead atoms. The van der Waals surface area contributed by atoms with Crippen LogP contribution in [0, 0.1) is 5.82 Å². The first kappa shape index (κ1) is 17.9. The van der Waals surface area contributed by atoms with Gasteiger partial charge in [-0.15, -0.1) is 0 Å². The number of carbonyl (C=O) groups is 1. The lowest BCUT2D eigenvalue weighted by molar-refractivity contribution is 0.251. The molecule has 3 aromatic carbocycles. The fourth-order valence-electron chi connectivity index (χ4n) is 2.30. The highest BCUT2D eigenvalue weighted by atomic mass is 79.9. The molecule has 3 aromatic rings. The van der Waals surface area contributed by atoms with Crippen molar-refractivity contribution in [1.82, 2.24) is 5.32 Å². The van der Waals surface area contributed by atoms with Crippen LogP contribution in [0.1, 0.15) is 5.56 Å². The summed E-state index contributed by atoms with van der Waals surface area (Å²) in [4.78, 5) is 12.2. The van der Waals surface area contributed by atoms with Crippen LogP contribution < -0.4 is 15.4 Å². The number of rotatable bonds is 5. The lowest BCUT2D eigenvalue weighted by Crippen LogP contribution is -2.28. The van der Waals surface area contributed by atoms with Crippen molar-refractivity contribution in [2.75, 3.05) is 5.32 Å². The summed E-state index contributed by atoms with van der Waals surface area (Å²) < 4.78 is 20.3. The van der Waals surface area contributed by atoms with Crippen LogP contribution in [0.25, 0.3) is 0 Å². The van der Waals surface area contributed by atoms with Gasteiger partial charge in [0.15, 0.2) is 5.75 Å². The number of ether oxygens (including phenoxy) is 1. The summed E-state index contributed by atoms with van der Waals surface area (Å²) in [7, 11) is 0. The normalized spacial score (nSPS) is 10.2. The van der Waals surface area contributed by atoms with Gasteiger partial charge in [0.25, 0.3) is 0 Å². The van der Waals surface area contributed by atoms with Crippen LogP contribution in [-0.4, -0.2) is 6.03 Å². The Kier molecular flexibility index (Phi) is 5.86. The smallest absolute Gasteiger partial charge is 0.319 e. The molecule has 132 valence electrons. The molecule has 0 atom stereocenters. The second-order valence-electron chi connectivity index (χ2n) is 5.45. The van der Waals surface area contributed by atoms with E-state index in [2.05, 4.69) is 26.6 Å². The number of halogens is 2. The molecule has 0 aliphatic carbocycles. The van der Waals surface area contributed by atoms with Gasteiger partial charge in [-0.3, -0.25) is 0 Å². The molecule has 4 nitrogen and oxygen atoms in total. The molecule has 0 heterocycles. The molecule has 0 aromatic heterocycles. The van der Waals surface area contributed by atoms with E-state index in [1.54, 1.807) is 30.3 Å². The van der Waals surface area contributed by atoms with Gasteiger partial charge >= 0.3 is 6.03 Å². The first-order chi connectivity index (χ1) is 12.6. The number of hydrogen-bond donors (Lipinski definition) is 2. The Morgan fingerprint density at radius 1 is 1.00 bits per heavy atom. The minimum atomic E-state index is -0.450. The topological polar surface area (TPSA) is 50.4 Å². The fourth-order valence-corrected chi connectivity index (χ4v) is 2.70. The van der Waals surface area contributed by atoms with Crippen molar-refractivity contribution in [2.24, 2.45) is 0 Å². The molecule has 26 heavy (non-hydrogen) atoms. The molecule has 6 heteroatoms. The zero-order valence-corrected chi connectivity index (χ0v) is 15.3. The average Bonchev–Trinajstić information content (AvgIpc) is 2.65. The summed E-state index contributed by atoms with van der Waals surface area (Å²) >= 11 is 3.29. The molecule has 2 N–H and O–H groups in total. The highest BCUT2D eigenvalue weighted by molar-refractivity contribution is 9.10. The second-order valence-corrected chi connectivity index (χ2v) is 6.37. The highest BCUT2D eigenvalue weighted by Crippen LogP contribution is 2.29. The number of anilines is 1. The summed E-state index contributed by atoms with van der Waals surface area (Å²) in [6.07, 6.45) is 0. The van der Waals surface area contributed by atoms with Crippen LogP contribution in [0.3, 0.4) is 0 Å². The molecule has 0 aliphatic rings. The zero-order chi connectivity index (χ0) is 18.4. The third-order valence-corrected chi connectivity index (χ3v) is 4.05. The Morgan fingerprint density at radius 3 is 2.54 bits per heavy atom. The second kappa shape index (κ2) is 8.49. The molecule has 0 unspecified atom stereocenters. The van der Waals surface area contributed by atoms with E-state index in [1.807, 2.05) is 36.4 Å². The maximum Gasteiger partial charge on any atom is 0.319 e. The van der Waals surface area contributed by atoms with Gasteiger partial charge in [-0.05, 0) is 42.5 Å². The van der Waals surface area contributed by atoms with E-state index < -0.39 is 6.03 Å². The van der Waals surface area contributed by atoms with Crippen LogP contribution in [0.5, 0.6) is 11.5 Å². The summed E-state index contributed by atoms with van der Waals surface area (Å²) in [5.74, 6) is 0.808. The maximum absolute atomic E-state index is 13.7. The van der Waals surface area contributed by atoms with Crippen molar-refractivity contribution in [1.29, 1.82) is 0 Å². The minimum absolute atomic E-state index is 0.0683. The number of carbonyl (C=O) groups excluding carboxylic acids is 1. The standard InChI is InChI=1S/C20H16BrFN2O2/c21-15-10-11-17(22)14(12-15)13-23-20(25)24-18-8-4-5-9-19(18)26-16-6-2-1-3-7-16/h1-12H,13H2,(H2,23,24,25). The summed E-state index contributed by atoms with van der Waals surface area (Å²) in [5, 5.41) is 5.37. The zero-order valence-electron chi connectivity index (χ0n) is 13.7. The number of urea groups is 1. The quantitative estimate of drug-likeness (QED) is 0.562. The molecule has 0 aliphatic heterocycles. The molecular formula is C20H16BrFN2O2. The van der Waals surface area contributed by atoms with Crippen molar-refractivity contribution >= 4 is 27.6 Å². The van der Waals surface area contributed by atoms with Gasteiger partial charge in [0.1, 0.15) is 11.6 Å². The number of benzene rings is 3. The number of nitrogens with one attached hydrogen (secondary N) is 2. The summed E-state index contributed by atoms with van der Waals surface area (Å²) in [5.41, 5.74) is 0.909. The van der Waals surface area contributed by atoms with E-state index in [1.165, 1.54) is 6.07 Å². The fraction of sp³-hybridized carbons (Fsp3) is 0.0500. The van der Waals surface area contributed by atoms with Gasteiger partial charge < -0.3 is 15.4 Å². The molecular weight excluding hydrogens is 399 g/mol. The molecule has 0 radical (unpaired) electrons. The Labute approximate surface area is 159 Å². The molecule has 2 amide bonds. The van der Waals surface area contributed by atoms with Crippen LogP contribution in [0.2, 0.25) is 0 Å². The first-order valence-electron chi connectivity index (χ1n) is 7.92. The van der Waals surface area contributed by atoms with Gasteiger partial charge in [-0.2, -0.15) is 0 Å². The van der Waals surface area contributed by atoms with Gasteiger partial charge in [0, 0.05) is 16.6 Å². The van der Waals surface area contributed by atoms with Crippen molar-refractivity contribution in [3.8, 4) is 11.5 Å². The number of para-hydroxylation sites is 3. The van der Waals surface area contributed by atoms with Crippen molar-refractivity contribution in [2.45, 2.75) is 6.54 Å². The lowest BCUT2D eigenvalue weighted by atomic mass is 10.2. The van der Waals surface area contributed by atoms with Gasteiger partial charge in [-0.1, -0.05) is 46.3 Å². The molecule has 3 rings (SSSR count). The lowest BCUT2D eigenvalue weighted by Gasteiger charge is -2.13. The highest BCUT2D eigenvalue weighted by Gasteiger charge is 2.09. The Balaban J connectivity index is 1.65. The summed E-state index contributed by atoms with van der Waals surface area (Å²) in [6.45, 7) is 0.0683. The van der Waals surface area contributed by atoms with E-state index in [4.69, 9.17) is 4.74 Å². The predicted octanol–water partition coefficient (Wildman–Crippen LogP) is 5.70. The minimum Gasteiger partial charge on any atom is -0.455 e. The van der Waals surface area contributed by atoms with Crippen LogP contribution >= 0.6 is 15.9 Å². The van der Waals surface area contributed by atoms with Crippen LogP contribution in [0.15, 0.2) is 77.3 Å². The Morgan fingerprint density at radius 2 is 1.73 bits per heavy atom. The van der Waals surface area contributed by atoms with Crippen molar-refractivity contribution < 1.29 is 13.9 Å². The first-order valence-corrected chi connectivity index (χ1v) is 8.72. The third-order valence-electron chi connectivity index (χ3n) is 3.55. The monoisotopic (exact) mass is 414 g/mol. The SMILES string of the molecule is O=C(NCc1cc(Br)ccc1F)Nc1ccccc1Oc1ccccc1. The van der Waals surface area contributed by atoms with Crippen LogP contribution in [-0.2, 0) is 6.54 Å². The van der Waals surface area contributed by atoms with E-state index in [-0.39, 0.29) is 12.4 Å². The third kappa shape index (κ3) is 4.83. The van der Waals surface area contributed by atoms with E-state index in [9.17, 15) is 9.18 Å². The Bertz CT molecular complexity index is 903. The molecule has 0 saturated carbocycles. The van der Waals surface area contributed by atoms with Crippen molar-refractivity contribution in [3.63, 3.8) is 0 Å². The molecule has 0 spiro atoms. The van der Waals surface area contributed by atoms with Gasteiger partial charge in [-0.25, -0.2) is 9.18 Å². The predicted molar refractivity (Wildman–Crippen MR) is 103 cm³/mol. The van der Waals surface area contributed by atoms with E-state index in [0.29, 0.717) is 22.7 Å². The number of amides is 2. The average molecular weight is 415 g/mol. The van der Waals surface area contributed by atoms with Gasteiger partial charge in [0.2, 0.25) is 0 Å². The summed E-state index contributed by atoms with van der Waals surface area (Å²) in [6, 6.07) is 20.5. The molecule has 0 saturated heterocycles. The Hall–Kier alpha value is -2.86. The maximum atomic E-state index is 13.7. The largest absolute Gasteiger partial charge is 0.455 e. The van der Waals surface area contributed by atoms with Crippen LogP contribution in [0.4, 0.5) is 14.9 Å². The van der Waals surface area contributed by atoms with E-state index in [0.717, 1.165) is 4.47 Å². The molecule has 0 fully saturated rings. The van der Waals surface area contributed by atoms with E-state index >= 15 is 0 Å².